The zero-order valence-electron chi connectivity index (χ0n) is 14.2. The van der Waals surface area contributed by atoms with Gasteiger partial charge in [0.1, 0.15) is 6.54 Å². The number of carboxylic acids is 1. The van der Waals surface area contributed by atoms with E-state index in [1.807, 2.05) is 0 Å². The summed E-state index contributed by atoms with van der Waals surface area (Å²) in [6, 6.07) is 0. The summed E-state index contributed by atoms with van der Waals surface area (Å²) in [5, 5.41) is 18.5. The number of carboxylic acid groups (broad SMARTS) is 1. The molecule has 8 nitrogen and oxygen atoms in total. The molecule has 0 aliphatic carbocycles. The topological polar surface area (TPSA) is 102 Å². The molecule has 0 atom stereocenters. The lowest BCUT2D eigenvalue weighted by Crippen LogP contribution is -2.18. The van der Waals surface area contributed by atoms with E-state index in [0.717, 1.165) is 34.2 Å². The minimum Gasteiger partial charge on any atom is -0.478 e. The third-order valence-electron chi connectivity index (χ3n) is 3.72. The molecule has 1 aromatic carbocycles. The van der Waals surface area contributed by atoms with Gasteiger partial charge in [0.05, 0.1) is 35.8 Å². The van der Waals surface area contributed by atoms with Crippen LogP contribution >= 0.6 is 0 Å². The van der Waals surface area contributed by atoms with Gasteiger partial charge in [0.25, 0.3) is 0 Å². The van der Waals surface area contributed by atoms with Crippen LogP contribution in [0.15, 0.2) is 24.8 Å². The lowest BCUT2D eigenvalue weighted by Gasteiger charge is -2.08. The molecule has 0 saturated heterocycles. The molecule has 0 saturated carbocycles. The predicted octanol–water partition coefficient (Wildman–Crippen LogP) is 2.16. The molecule has 152 valence electrons. The van der Waals surface area contributed by atoms with Crippen LogP contribution in [0, 0.1) is 29.1 Å². The zero-order chi connectivity index (χ0) is 21.3. The minimum absolute atomic E-state index is 0.0736. The fourth-order valence-electron chi connectivity index (χ4n) is 2.37. The number of aromatic carboxylic acids is 1. The predicted molar refractivity (Wildman–Crippen MR) is 85.4 cm³/mol. The highest BCUT2D eigenvalue weighted by Crippen LogP contribution is 2.24. The SMILES string of the molecule is O=C(Cn1cc(C(=O)O)cn1)Nc1cnn(Cc2c(F)c(F)c(F)c(F)c2F)c1. The zero-order valence-corrected chi connectivity index (χ0v) is 14.2. The number of halogens is 5. The highest BCUT2D eigenvalue weighted by atomic mass is 19.2. The van der Waals surface area contributed by atoms with Crippen molar-refractivity contribution >= 4 is 17.6 Å². The van der Waals surface area contributed by atoms with E-state index in [9.17, 15) is 31.5 Å². The summed E-state index contributed by atoms with van der Waals surface area (Å²) in [5.74, 6) is -12.2. The summed E-state index contributed by atoms with van der Waals surface area (Å²) >= 11 is 0. The maximum atomic E-state index is 13.7. The quantitative estimate of drug-likeness (QED) is 0.365. The molecule has 0 fully saturated rings. The second-order valence-electron chi connectivity index (χ2n) is 5.75. The number of nitrogens with zero attached hydrogens (tertiary/aromatic N) is 4. The normalized spacial score (nSPS) is 10.9. The fourth-order valence-corrected chi connectivity index (χ4v) is 2.37. The second-order valence-corrected chi connectivity index (χ2v) is 5.75. The molecule has 0 spiro atoms. The van der Waals surface area contributed by atoms with E-state index >= 15 is 0 Å². The van der Waals surface area contributed by atoms with Gasteiger partial charge in [-0.15, -0.1) is 0 Å². The molecule has 1 amide bonds. The van der Waals surface area contributed by atoms with Crippen LogP contribution in [0.25, 0.3) is 0 Å². The molecular formula is C16H10F5N5O3. The van der Waals surface area contributed by atoms with Crippen LogP contribution < -0.4 is 5.32 Å². The molecule has 0 radical (unpaired) electrons. The Morgan fingerprint density at radius 3 is 2.07 bits per heavy atom. The van der Waals surface area contributed by atoms with Gasteiger partial charge in [-0.3, -0.25) is 14.2 Å². The van der Waals surface area contributed by atoms with Crippen molar-refractivity contribution in [1.29, 1.82) is 0 Å². The van der Waals surface area contributed by atoms with E-state index in [0.29, 0.717) is 0 Å². The van der Waals surface area contributed by atoms with Gasteiger partial charge in [0, 0.05) is 12.4 Å². The Balaban J connectivity index is 1.70. The summed E-state index contributed by atoms with van der Waals surface area (Å²) in [7, 11) is 0. The fraction of sp³-hybridized carbons (Fsp3) is 0.125. The number of carbonyl (C=O) groups is 2. The Morgan fingerprint density at radius 1 is 0.897 bits per heavy atom. The van der Waals surface area contributed by atoms with Crippen molar-refractivity contribution in [3.63, 3.8) is 0 Å². The van der Waals surface area contributed by atoms with E-state index in [2.05, 4.69) is 15.5 Å². The van der Waals surface area contributed by atoms with E-state index in [-0.39, 0.29) is 17.8 Å². The van der Waals surface area contributed by atoms with Crippen LogP contribution in [-0.2, 0) is 17.9 Å². The van der Waals surface area contributed by atoms with Crippen molar-refractivity contribution in [2.75, 3.05) is 5.32 Å². The van der Waals surface area contributed by atoms with E-state index < -0.39 is 53.1 Å². The largest absolute Gasteiger partial charge is 0.478 e. The van der Waals surface area contributed by atoms with E-state index in [1.165, 1.54) is 0 Å². The van der Waals surface area contributed by atoms with Crippen molar-refractivity contribution in [3.8, 4) is 0 Å². The molecule has 2 aromatic heterocycles. The first-order chi connectivity index (χ1) is 13.7. The number of rotatable bonds is 6. The number of anilines is 1. The van der Waals surface area contributed by atoms with Gasteiger partial charge in [-0.05, 0) is 0 Å². The summed E-state index contributed by atoms with van der Waals surface area (Å²) in [5.41, 5.74) is -1.13. The number of nitrogens with one attached hydrogen (secondary N) is 1. The minimum atomic E-state index is -2.26. The Bertz CT molecular complexity index is 1080. The standard InChI is InChI=1S/C16H10F5N5O3/c17-11-9(12(18)14(20)15(21)13(11)19)5-26-4-8(2-23-26)24-10(27)6-25-3-7(1-22-25)16(28)29/h1-4H,5-6H2,(H,24,27)(H,28,29). The second kappa shape index (κ2) is 7.69. The van der Waals surface area contributed by atoms with Crippen molar-refractivity contribution in [2.24, 2.45) is 0 Å². The van der Waals surface area contributed by atoms with Gasteiger partial charge in [0.15, 0.2) is 23.3 Å². The van der Waals surface area contributed by atoms with Crippen LogP contribution in [0.1, 0.15) is 15.9 Å². The Labute approximate surface area is 158 Å². The van der Waals surface area contributed by atoms with Crippen molar-refractivity contribution in [3.05, 3.63) is 65.0 Å². The average Bonchev–Trinajstić information content (AvgIpc) is 3.31. The van der Waals surface area contributed by atoms with E-state index in [1.54, 1.807) is 0 Å². The number of benzene rings is 1. The number of hydrogen-bond donors (Lipinski definition) is 2. The molecule has 0 unspecified atom stereocenters. The maximum absolute atomic E-state index is 13.7. The van der Waals surface area contributed by atoms with Gasteiger partial charge in [-0.25, -0.2) is 26.7 Å². The summed E-state index contributed by atoms with van der Waals surface area (Å²) in [6.07, 6.45) is 4.39. The average molecular weight is 415 g/mol. The molecule has 3 aromatic rings. The molecule has 29 heavy (non-hydrogen) atoms. The van der Waals surface area contributed by atoms with Gasteiger partial charge in [-0.2, -0.15) is 10.2 Å². The Hall–Kier alpha value is -3.77. The Morgan fingerprint density at radius 2 is 1.48 bits per heavy atom. The van der Waals surface area contributed by atoms with Gasteiger partial charge < -0.3 is 10.4 Å². The molecule has 3 rings (SSSR count). The molecule has 13 heteroatoms. The van der Waals surface area contributed by atoms with Crippen LogP contribution in [0.3, 0.4) is 0 Å². The van der Waals surface area contributed by atoms with Crippen molar-refractivity contribution < 1.29 is 36.6 Å². The van der Waals surface area contributed by atoms with Crippen LogP contribution in [0.5, 0.6) is 0 Å². The Kier molecular flexibility index (Phi) is 5.30. The molecule has 0 aliphatic rings. The lowest BCUT2D eigenvalue weighted by atomic mass is 10.1. The highest BCUT2D eigenvalue weighted by molar-refractivity contribution is 5.90. The highest BCUT2D eigenvalue weighted by Gasteiger charge is 2.26. The number of aromatic nitrogens is 4. The number of hydrogen-bond acceptors (Lipinski definition) is 4. The third-order valence-corrected chi connectivity index (χ3v) is 3.72. The molecular weight excluding hydrogens is 405 g/mol. The van der Waals surface area contributed by atoms with Crippen molar-refractivity contribution in [2.45, 2.75) is 13.1 Å². The lowest BCUT2D eigenvalue weighted by molar-refractivity contribution is -0.116. The van der Waals surface area contributed by atoms with E-state index in [4.69, 9.17) is 5.11 Å². The maximum Gasteiger partial charge on any atom is 0.338 e. The first-order valence-electron chi connectivity index (χ1n) is 7.75. The monoisotopic (exact) mass is 415 g/mol. The first-order valence-corrected chi connectivity index (χ1v) is 7.75. The summed E-state index contributed by atoms with van der Waals surface area (Å²) < 4.78 is 68.9. The smallest absolute Gasteiger partial charge is 0.338 e. The van der Waals surface area contributed by atoms with Gasteiger partial charge in [0.2, 0.25) is 11.7 Å². The van der Waals surface area contributed by atoms with Gasteiger partial charge >= 0.3 is 5.97 Å². The number of amides is 1. The summed E-state index contributed by atoms with van der Waals surface area (Å²) in [6.45, 7) is -1.11. The molecule has 2 heterocycles. The summed E-state index contributed by atoms with van der Waals surface area (Å²) in [4.78, 5) is 22.7. The third kappa shape index (κ3) is 4.07. The first kappa shape index (κ1) is 20.0. The van der Waals surface area contributed by atoms with Crippen LogP contribution in [-0.4, -0.2) is 36.5 Å². The van der Waals surface area contributed by atoms with Crippen molar-refractivity contribution in [1.82, 2.24) is 19.6 Å². The molecule has 2 N–H and O–H groups in total. The molecule has 0 aliphatic heterocycles. The number of carbonyl (C=O) groups excluding carboxylic acids is 1. The van der Waals surface area contributed by atoms with Crippen LogP contribution in [0.2, 0.25) is 0 Å². The van der Waals surface area contributed by atoms with Gasteiger partial charge in [-0.1, -0.05) is 0 Å². The molecule has 0 bridgehead atoms. The van der Waals surface area contributed by atoms with Crippen LogP contribution in [0.4, 0.5) is 27.6 Å².